The third-order valence-electron chi connectivity index (χ3n) is 3.57. The predicted molar refractivity (Wildman–Crippen MR) is 89.6 cm³/mol. The molecule has 3 nitrogen and oxygen atoms in total. The fourth-order valence-electron chi connectivity index (χ4n) is 2.30. The van der Waals surface area contributed by atoms with Crippen LogP contribution < -0.4 is 10.2 Å². The summed E-state index contributed by atoms with van der Waals surface area (Å²) in [7, 11) is 4.27. The van der Waals surface area contributed by atoms with Crippen molar-refractivity contribution in [1.29, 1.82) is 0 Å². The highest BCUT2D eigenvalue weighted by Gasteiger charge is 2.08. The Hall–Kier alpha value is -1.06. The van der Waals surface area contributed by atoms with Gasteiger partial charge in [0.1, 0.15) is 0 Å². The van der Waals surface area contributed by atoms with Crippen LogP contribution in [0.1, 0.15) is 31.4 Å². The molecule has 0 atom stereocenters. The van der Waals surface area contributed by atoms with E-state index >= 15 is 0 Å². The summed E-state index contributed by atoms with van der Waals surface area (Å²) < 4.78 is 0. The van der Waals surface area contributed by atoms with E-state index in [0.29, 0.717) is 0 Å². The van der Waals surface area contributed by atoms with Crippen LogP contribution in [0.3, 0.4) is 0 Å². The van der Waals surface area contributed by atoms with Crippen LogP contribution in [0.5, 0.6) is 0 Å². The molecule has 0 aliphatic rings. The zero-order chi connectivity index (χ0) is 15.0. The smallest absolute Gasteiger partial charge is 0.0369 e. The Balaban J connectivity index is 2.77. The van der Waals surface area contributed by atoms with E-state index in [1.807, 2.05) is 0 Å². The highest BCUT2D eigenvalue weighted by Crippen LogP contribution is 2.19. The molecule has 0 unspecified atom stereocenters. The Morgan fingerprint density at radius 2 is 1.80 bits per heavy atom. The lowest BCUT2D eigenvalue weighted by molar-refractivity contribution is 0.413. The average Bonchev–Trinajstić information content (AvgIpc) is 2.42. The van der Waals surface area contributed by atoms with Crippen LogP contribution in [-0.4, -0.2) is 45.2 Å². The first kappa shape index (κ1) is 17.0. The largest absolute Gasteiger partial charge is 0.370 e. The molecule has 1 aromatic carbocycles. The van der Waals surface area contributed by atoms with Gasteiger partial charge in [-0.05, 0) is 57.2 Å². The first-order chi connectivity index (χ1) is 9.58. The van der Waals surface area contributed by atoms with Crippen molar-refractivity contribution >= 4 is 5.69 Å². The highest BCUT2D eigenvalue weighted by atomic mass is 15.2. The van der Waals surface area contributed by atoms with Gasteiger partial charge in [-0.2, -0.15) is 0 Å². The van der Waals surface area contributed by atoms with Crippen LogP contribution in [0, 0.1) is 6.92 Å². The van der Waals surface area contributed by atoms with Gasteiger partial charge in [-0.3, -0.25) is 0 Å². The second kappa shape index (κ2) is 8.98. The predicted octanol–water partition coefficient (Wildman–Crippen LogP) is 2.88. The second-order valence-corrected chi connectivity index (χ2v) is 5.68. The van der Waals surface area contributed by atoms with E-state index in [9.17, 15) is 0 Å². The maximum atomic E-state index is 3.40. The standard InChI is InChI=1S/C17H31N3/c1-6-10-20(12-11-19(4)5)17-9-8-16(14-18-7-2)15(3)13-17/h8-9,13,18H,6-7,10-12,14H2,1-5H3. The van der Waals surface area contributed by atoms with Crippen LogP contribution in [0.4, 0.5) is 5.69 Å². The molecule has 1 N–H and O–H groups in total. The lowest BCUT2D eigenvalue weighted by atomic mass is 10.1. The van der Waals surface area contributed by atoms with Gasteiger partial charge < -0.3 is 15.1 Å². The van der Waals surface area contributed by atoms with Gasteiger partial charge >= 0.3 is 0 Å². The Labute approximate surface area is 125 Å². The van der Waals surface area contributed by atoms with Crippen molar-refractivity contribution in [3.63, 3.8) is 0 Å². The third kappa shape index (κ3) is 5.51. The van der Waals surface area contributed by atoms with Crippen LogP contribution in [0.2, 0.25) is 0 Å². The third-order valence-corrected chi connectivity index (χ3v) is 3.57. The molecule has 0 spiro atoms. The van der Waals surface area contributed by atoms with Gasteiger partial charge in [0, 0.05) is 31.9 Å². The van der Waals surface area contributed by atoms with Gasteiger partial charge in [0.2, 0.25) is 0 Å². The molecule has 0 aliphatic carbocycles. The molecule has 0 aliphatic heterocycles. The van der Waals surface area contributed by atoms with Gasteiger partial charge in [-0.1, -0.05) is 19.9 Å². The molecule has 0 saturated carbocycles. The molecular formula is C17H31N3. The minimum atomic E-state index is 0.966. The van der Waals surface area contributed by atoms with Crippen molar-refractivity contribution in [3.05, 3.63) is 29.3 Å². The summed E-state index contributed by atoms with van der Waals surface area (Å²) in [5.74, 6) is 0. The molecule has 0 amide bonds. The summed E-state index contributed by atoms with van der Waals surface area (Å²) in [6.45, 7) is 11.9. The molecule has 1 rings (SSSR count). The molecule has 0 fully saturated rings. The maximum absolute atomic E-state index is 3.40. The number of nitrogens with one attached hydrogen (secondary N) is 1. The zero-order valence-corrected chi connectivity index (χ0v) is 13.9. The number of hydrogen-bond donors (Lipinski definition) is 1. The van der Waals surface area contributed by atoms with Crippen molar-refractivity contribution in [2.45, 2.75) is 33.7 Å². The number of hydrogen-bond acceptors (Lipinski definition) is 3. The molecule has 1 aromatic rings. The SMILES string of the molecule is CCCN(CCN(C)C)c1ccc(CNCC)c(C)c1. The van der Waals surface area contributed by atoms with Crippen molar-refractivity contribution in [2.75, 3.05) is 45.2 Å². The molecule has 0 aromatic heterocycles. The number of likely N-dealkylation sites (N-methyl/N-ethyl adjacent to an activating group) is 1. The van der Waals surface area contributed by atoms with E-state index in [2.05, 4.69) is 68.2 Å². The summed E-state index contributed by atoms with van der Waals surface area (Å²) in [5, 5.41) is 3.40. The van der Waals surface area contributed by atoms with E-state index in [0.717, 1.165) is 32.7 Å². The molecule has 0 saturated heterocycles. The average molecular weight is 277 g/mol. The van der Waals surface area contributed by atoms with E-state index in [1.54, 1.807) is 0 Å². The van der Waals surface area contributed by atoms with E-state index < -0.39 is 0 Å². The van der Waals surface area contributed by atoms with E-state index in [-0.39, 0.29) is 0 Å². The number of benzene rings is 1. The minimum Gasteiger partial charge on any atom is -0.370 e. The Morgan fingerprint density at radius 3 is 2.35 bits per heavy atom. The molecule has 0 heterocycles. The summed E-state index contributed by atoms with van der Waals surface area (Å²) in [5.41, 5.74) is 4.14. The number of aryl methyl sites for hydroxylation is 1. The van der Waals surface area contributed by atoms with E-state index in [4.69, 9.17) is 0 Å². The second-order valence-electron chi connectivity index (χ2n) is 5.68. The summed E-state index contributed by atoms with van der Waals surface area (Å²) in [4.78, 5) is 4.74. The Morgan fingerprint density at radius 1 is 1.05 bits per heavy atom. The van der Waals surface area contributed by atoms with Gasteiger partial charge in [0.05, 0.1) is 0 Å². The fourth-order valence-corrected chi connectivity index (χ4v) is 2.30. The number of anilines is 1. The Kier molecular flexibility index (Phi) is 7.63. The van der Waals surface area contributed by atoms with Crippen LogP contribution in [0.25, 0.3) is 0 Å². The first-order valence-electron chi connectivity index (χ1n) is 7.78. The molecule has 3 heteroatoms. The van der Waals surface area contributed by atoms with Crippen molar-refractivity contribution < 1.29 is 0 Å². The Bertz CT molecular complexity index is 388. The first-order valence-corrected chi connectivity index (χ1v) is 7.78. The van der Waals surface area contributed by atoms with Crippen molar-refractivity contribution in [1.82, 2.24) is 10.2 Å². The van der Waals surface area contributed by atoms with Gasteiger partial charge in [0.15, 0.2) is 0 Å². The highest BCUT2D eigenvalue weighted by molar-refractivity contribution is 5.50. The van der Waals surface area contributed by atoms with Crippen molar-refractivity contribution in [3.8, 4) is 0 Å². The molecule has 0 radical (unpaired) electrons. The van der Waals surface area contributed by atoms with Crippen molar-refractivity contribution in [2.24, 2.45) is 0 Å². The monoisotopic (exact) mass is 277 g/mol. The van der Waals surface area contributed by atoms with Crippen LogP contribution in [0.15, 0.2) is 18.2 Å². The lowest BCUT2D eigenvalue weighted by Crippen LogP contribution is -2.32. The van der Waals surface area contributed by atoms with E-state index in [1.165, 1.54) is 23.2 Å². The molecule has 114 valence electrons. The minimum absolute atomic E-state index is 0.966. The van der Waals surface area contributed by atoms with Crippen LogP contribution in [-0.2, 0) is 6.54 Å². The number of rotatable bonds is 9. The maximum Gasteiger partial charge on any atom is 0.0369 e. The summed E-state index contributed by atoms with van der Waals surface area (Å²) in [6.07, 6.45) is 1.19. The normalized spacial score (nSPS) is 11.1. The van der Waals surface area contributed by atoms with Gasteiger partial charge in [-0.25, -0.2) is 0 Å². The molecule has 20 heavy (non-hydrogen) atoms. The summed E-state index contributed by atoms with van der Waals surface area (Å²) in [6, 6.07) is 6.87. The topological polar surface area (TPSA) is 18.5 Å². The quantitative estimate of drug-likeness (QED) is 0.749. The van der Waals surface area contributed by atoms with Gasteiger partial charge in [0.25, 0.3) is 0 Å². The fraction of sp³-hybridized carbons (Fsp3) is 0.647. The molecule has 0 bridgehead atoms. The zero-order valence-electron chi connectivity index (χ0n) is 13.9. The van der Waals surface area contributed by atoms with Gasteiger partial charge in [-0.15, -0.1) is 0 Å². The lowest BCUT2D eigenvalue weighted by Gasteiger charge is -2.26. The summed E-state index contributed by atoms with van der Waals surface area (Å²) >= 11 is 0. The molecular weight excluding hydrogens is 246 g/mol. The van der Waals surface area contributed by atoms with Crippen LogP contribution >= 0.6 is 0 Å². The number of nitrogens with zero attached hydrogens (tertiary/aromatic N) is 2.